The van der Waals surface area contributed by atoms with E-state index in [1.807, 2.05) is 36.4 Å². The number of hydrazone groups is 1. The molecule has 0 aliphatic carbocycles. The summed E-state index contributed by atoms with van der Waals surface area (Å²) in [7, 11) is 3.16. The third-order valence-electron chi connectivity index (χ3n) is 4.86. The molecular formula is C25H20BrClN4O3S. The number of amides is 1. The zero-order valence-corrected chi connectivity index (χ0v) is 21.9. The largest absolute Gasteiger partial charge is 0.493 e. The van der Waals surface area contributed by atoms with Gasteiger partial charge in [0.1, 0.15) is 10.7 Å². The number of ether oxygens (including phenoxy) is 2. The van der Waals surface area contributed by atoms with Gasteiger partial charge in [-0.2, -0.15) is 5.10 Å². The number of anilines is 2. The standard InChI is InChI=1S/C25H20BrClN4O3S/c1-33-20-12-3-15(13-21(20)34-2)14-28-31-25-29-22(16-6-10-19(27)11-7-16)24(35-25)30-23(32)17-4-8-18(26)9-5-17/h3-14H,1-2H3,(H,29,31)(H,30,32). The Morgan fingerprint density at radius 1 is 1.03 bits per heavy atom. The zero-order valence-electron chi connectivity index (χ0n) is 18.7. The molecule has 35 heavy (non-hydrogen) atoms. The number of nitrogens with zero attached hydrogens (tertiary/aromatic N) is 2. The molecule has 1 heterocycles. The smallest absolute Gasteiger partial charge is 0.256 e. The predicted octanol–water partition coefficient (Wildman–Crippen LogP) is 6.94. The third-order valence-corrected chi connectivity index (χ3v) is 6.52. The van der Waals surface area contributed by atoms with Crippen LogP contribution in [0.2, 0.25) is 5.02 Å². The van der Waals surface area contributed by atoms with Gasteiger partial charge in [0.2, 0.25) is 5.13 Å². The minimum Gasteiger partial charge on any atom is -0.493 e. The number of hydrogen-bond donors (Lipinski definition) is 2. The number of benzene rings is 3. The Morgan fingerprint density at radius 2 is 1.74 bits per heavy atom. The van der Waals surface area contributed by atoms with Crippen molar-refractivity contribution in [2.45, 2.75) is 0 Å². The first-order valence-corrected chi connectivity index (χ1v) is 12.3. The van der Waals surface area contributed by atoms with Crippen molar-refractivity contribution in [3.8, 4) is 22.8 Å². The summed E-state index contributed by atoms with van der Waals surface area (Å²) < 4.78 is 11.5. The van der Waals surface area contributed by atoms with Crippen molar-refractivity contribution < 1.29 is 14.3 Å². The van der Waals surface area contributed by atoms with E-state index in [4.69, 9.17) is 21.1 Å². The molecule has 178 valence electrons. The second-order valence-corrected chi connectivity index (χ2v) is 9.50. The number of nitrogens with one attached hydrogen (secondary N) is 2. The lowest BCUT2D eigenvalue weighted by Crippen LogP contribution is -2.11. The first kappa shape index (κ1) is 24.7. The first-order valence-electron chi connectivity index (χ1n) is 10.3. The Labute approximate surface area is 219 Å². The predicted molar refractivity (Wildman–Crippen MR) is 145 cm³/mol. The monoisotopic (exact) mass is 570 g/mol. The molecule has 10 heteroatoms. The summed E-state index contributed by atoms with van der Waals surface area (Å²) in [6.45, 7) is 0. The summed E-state index contributed by atoms with van der Waals surface area (Å²) >= 11 is 10.7. The van der Waals surface area contributed by atoms with E-state index in [1.54, 1.807) is 50.8 Å². The van der Waals surface area contributed by atoms with Crippen molar-refractivity contribution in [3.63, 3.8) is 0 Å². The highest BCUT2D eigenvalue weighted by atomic mass is 79.9. The van der Waals surface area contributed by atoms with Gasteiger partial charge in [0.25, 0.3) is 5.91 Å². The summed E-state index contributed by atoms with van der Waals surface area (Å²) in [6, 6.07) is 19.9. The number of rotatable bonds is 8. The van der Waals surface area contributed by atoms with Gasteiger partial charge in [-0.05, 0) is 60.2 Å². The second kappa shape index (κ2) is 11.4. The average Bonchev–Trinajstić information content (AvgIpc) is 3.27. The van der Waals surface area contributed by atoms with Gasteiger partial charge in [0, 0.05) is 20.6 Å². The summed E-state index contributed by atoms with van der Waals surface area (Å²) in [6.07, 6.45) is 1.64. The Hall–Kier alpha value is -3.40. The van der Waals surface area contributed by atoms with Crippen LogP contribution in [0.4, 0.5) is 10.1 Å². The van der Waals surface area contributed by atoms with Gasteiger partial charge < -0.3 is 14.8 Å². The van der Waals surface area contributed by atoms with Crippen LogP contribution in [0.5, 0.6) is 11.5 Å². The molecule has 0 atom stereocenters. The van der Waals surface area contributed by atoms with Crippen LogP contribution >= 0.6 is 38.9 Å². The molecule has 0 spiro atoms. The molecule has 1 amide bonds. The topological polar surface area (TPSA) is 84.8 Å². The lowest BCUT2D eigenvalue weighted by molar-refractivity contribution is 0.102. The van der Waals surface area contributed by atoms with Crippen LogP contribution in [0.1, 0.15) is 15.9 Å². The summed E-state index contributed by atoms with van der Waals surface area (Å²) in [5.41, 5.74) is 5.71. The van der Waals surface area contributed by atoms with E-state index in [0.29, 0.717) is 37.9 Å². The number of methoxy groups -OCH3 is 2. The van der Waals surface area contributed by atoms with Crippen LogP contribution in [0.3, 0.4) is 0 Å². The number of carbonyl (C=O) groups excluding carboxylic acids is 1. The van der Waals surface area contributed by atoms with Crippen molar-refractivity contribution >= 4 is 61.1 Å². The Balaban J connectivity index is 1.58. The van der Waals surface area contributed by atoms with E-state index < -0.39 is 0 Å². The fourth-order valence-corrected chi connectivity index (χ4v) is 4.35. The molecule has 0 aliphatic heterocycles. The van der Waals surface area contributed by atoms with Crippen LogP contribution in [-0.2, 0) is 0 Å². The molecule has 7 nitrogen and oxygen atoms in total. The maximum Gasteiger partial charge on any atom is 0.256 e. The fraction of sp³-hybridized carbons (Fsp3) is 0.0800. The molecule has 0 saturated carbocycles. The number of thiazole rings is 1. The Morgan fingerprint density at radius 3 is 2.43 bits per heavy atom. The number of aromatic nitrogens is 1. The van der Waals surface area contributed by atoms with E-state index in [2.05, 4.69) is 36.8 Å². The highest BCUT2D eigenvalue weighted by molar-refractivity contribution is 9.10. The molecule has 0 bridgehead atoms. The first-order chi connectivity index (χ1) is 17.0. The van der Waals surface area contributed by atoms with Gasteiger partial charge in [0.15, 0.2) is 11.5 Å². The summed E-state index contributed by atoms with van der Waals surface area (Å²) in [5, 5.41) is 8.96. The van der Waals surface area contributed by atoms with Crippen LogP contribution in [0, 0.1) is 0 Å². The minimum atomic E-state index is -0.239. The molecule has 2 N–H and O–H groups in total. The van der Waals surface area contributed by atoms with E-state index >= 15 is 0 Å². The van der Waals surface area contributed by atoms with Gasteiger partial charge >= 0.3 is 0 Å². The van der Waals surface area contributed by atoms with Crippen molar-refractivity contribution in [3.05, 3.63) is 87.4 Å². The van der Waals surface area contributed by atoms with Crippen LogP contribution < -0.4 is 20.2 Å². The fourth-order valence-electron chi connectivity index (χ4n) is 3.13. The van der Waals surface area contributed by atoms with E-state index in [0.717, 1.165) is 15.6 Å². The molecule has 4 aromatic rings. The van der Waals surface area contributed by atoms with Crippen LogP contribution in [0.25, 0.3) is 11.3 Å². The lowest BCUT2D eigenvalue weighted by Gasteiger charge is -2.07. The maximum atomic E-state index is 12.8. The number of halogens is 2. The van der Waals surface area contributed by atoms with Crippen molar-refractivity contribution in [1.29, 1.82) is 0 Å². The van der Waals surface area contributed by atoms with Gasteiger partial charge in [-0.3, -0.25) is 10.2 Å². The normalized spacial score (nSPS) is 10.9. The van der Waals surface area contributed by atoms with Crippen molar-refractivity contribution in [1.82, 2.24) is 4.98 Å². The Kier molecular flexibility index (Phi) is 8.02. The SMILES string of the molecule is COc1ccc(C=NNc2nc(-c3ccc(Cl)cc3)c(NC(=O)c3ccc(Br)cc3)s2)cc1OC. The maximum absolute atomic E-state index is 12.8. The number of carbonyl (C=O) groups is 1. The highest BCUT2D eigenvalue weighted by Gasteiger charge is 2.17. The van der Waals surface area contributed by atoms with Crippen molar-refractivity contribution in [2.24, 2.45) is 5.10 Å². The zero-order chi connectivity index (χ0) is 24.8. The molecule has 0 unspecified atom stereocenters. The molecule has 0 fully saturated rings. The third kappa shape index (κ3) is 6.19. The van der Waals surface area contributed by atoms with Gasteiger partial charge in [-0.25, -0.2) is 4.98 Å². The van der Waals surface area contributed by atoms with Gasteiger partial charge in [-0.1, -0.05) is 51.0 Å². The van der Waals surface area contributed by atoms with E-state index in [1.165, 1.54) is 11.3 Å². The van der Waals surface area contributed by atoms with Crippen molar-refractivity contribution in [2.75, 3.05) is 25.0 Å². The second-order valence-electron chi connectivity index (χ2n) is 7.15. The molecule has 0 radical (unpaired) electrons. The molecule has 0 saturated heterocycles. The minimum absolute atomic E-state index is 0.239. The van der Waals surface area contributed by atoms with Gasteiger partial charge in [-0.15, -0.1) is 0 Å². The van der Waals surface area contributed by atoms with Crippen LogP contribution in [0.15, 0.2) is 76.3 Å². The summed E-state index contributed by atoms with van der Waals surface area (Å²) in [5.74, 6) is 1.00. The van der Waals surface area contributed by atoms with E-state index in [9.17, 15) is 4.79 Å². The molecule has 3 aromatic carbocycles. The number of hydrogen-bond acceptors (Lipinski definition) is 7. The van der Waals surface area contributed by atoms with Crippen LogP contribution in [-0.4, -0.2) is 31.3 Å². The Bertz CT molecular complexity index is 1360. The molecular weight excluding hydrogens is 552 g/mol. The van der Waals surface area contributed by atoms with Gasteiger partial charge in [0.05, 0.1) is 20.4 Å². The highest BCUT2D eigenvalue weighted by Crippen LogP contribution is 2.37. The molecule has 4 rings (SSSR count). The summed E-state index contributed by atoms with van der Waals surface area (Å²) in [4.78, 5) is 17.5. The molecule has 0 aliphatic rings. The van der Waals surface area contributed by atoms with E-state index in [-0.39, 0.29) is 5.91 Å². The quantitative estimate of drug-likeness (QED) is 0.177. The lowest BCUT2D eigenvalue weighted by atomic mass is 10.1. The molecule has 1 aromatic heterocycles. The average molecular weight is 572 g/mol.